The molecule has 4 nitrogen and oxygen atoms in total. The SMILES string of the molecule is CCC(=O)N1CCOC(c2cc(Cc3cccc(F)c3)cc(C)n2)C1. The molecule has 0 saturated carbocycles. The molecule has 0 bridgehead atoms. The van der Waals surface area contributed by atoms with E-state index in [1.54, 1.807) is 12.1 Å². The van der Waals surface area contributed by atoms with Crippen LogP contribution in [0.2, 0.25) is 0 Å². The number of aryl methyl sites for hydroxylation is 1. The second kappa shape index (κ2) is 7.74. The first-order valence-corrected chi connectivity index (χ1v) is 8.66. The predicted molar refractivity (Wildman–Crippen MR) is 93.7 cm³/mol. The summed E-state index contributed by atoms with van der Waals surface area (Å²) in [6.07, 6.45) is 0.924. The number of amides is 1. The lowest BCUT2D eigenvalue weighted by Gasteiger charge is -2.32. The second-order valence-corrected chi connectivity index (χ2v) is 6.40. The Kier molecular flexibility index (Phi) is 5.43. The van der Waals surface area contributed by atoms with Crippen LogP contribution in [0, 0.1) is 12.7 Å². The highest BCUT2D eigenvalue weighted by atomic mass is 19.1. The fraction of sp³-hybridized carbons (Fsp3) is 0.400. The number of aromatic nitrogens is 1. The van der Waals surface area contributed by atoms with Gasteiger partial charge in [0.1, 0.15) is 11.9 Å². The Morgan fingerprint density at radius 2 is 2.16 bits per heavy atom. The highest BCUT2D eigenvalue weighted by Gasteiger charge is 2.25. The molecule has 1 unspecified atom stereocenters. The standard InChI is InChI=1S/C20H23FN2O2/c1-3-20(24)23-7-8-25-19(13-23)18-12-16(9-14(2)22-18)10-15-5-4-6-17(21)11-15/h4-6,9,11-12,19H,3,7-8,10,13H2,1-2H3. The lowest BCUT2D eigenvalue weighted by molar-refractivity contribution is -0.138. The Hall–Kier alpha value is -2.27. The van der Waals surface area contributed by atoms with Gasteiger partial charge in [0.05, 0.1) is 18.8 Å². The van der Waals surface area contributed by atoms with E-state index in [-0.39, 0.29) is 17.8 Å². The number of pyridine rings is 1. The maximum Gasteiger partial charge on any atom is 0.222 e. The van der Waals surface area contributed by atoms with Crippen LogP contribution >= 0.6 is 0 Å². The quantitative estimate of drug-likeness (QED) is 0.855. The van der Waals surface area contributed by atoms with Crippen LogP contribution in [0.1, 0.15) is 42.0 Å². The molecule has 0 spiro atoms. The van der Waals surface area contributed by atoms with Gasteiger partial charge in [-0.25, -0.2) is 4.39 Å². The number of morpholine rings is 1. The third-order valence-corrected chi connectivity index (χ3v) is 4.38. The average Bonchev–Trinajstić information content (AvgIpc) is 2.60. The van der Waals surface area contributed by atoms with Crippen LogP contribution in [-0.2, 0) is 16.0 Å². The van der Waals surface area contributed by atoms with Gasteiger partial charge in [0.2, 0.25) is 5.91 Å². The van der Waals surface area contributed by atoms with Crippen molar-refractivity contribution in [3.8, 4) is 0 Å². The Morgan fingerprint density at radius 1 is 1.32 bits per heavy atom. The van der Waals surface area contributed by atoms with Gasteiger partial charge in [0, 0.05) is 18.7 Å². The van der Waals surface area contributed by atoms with Gasteiger partial charge < -0.3 is 9.64 Å². The van der Waals surface area contributed by atoms with Gasteiger partial charge in [-0.15, -0.1) is 0 Å². The lowest BCUT2D eigenvalue weighted by Crippen LogP contribution is -2.42. The molecule has 3 rings (SSSR count). The Labute approximate surface area is 147 Å². The molecule has 1 aromatic carbocycles. The summed E-state index contributed by atoms with van der Waals surface area (Å²) >= 11 is 0. The van der Waals surface area contributed by atoms with Gasteiger partial charge in [0.25, 0.3) is 0 Å². The summed E-state index contributed by atoms with van der Waals surface area (Å²) in [5.41, 5.74) is 3.71. The van der Waals surface area contributed by atoms with Crippen LogP contribution in [0.5, 0.6) is 0 Å². The minimum atomic E-state index is -0.229. The van der Waals surface area contributed by atoms with Gasteiger partial charge in [-0.05, 0) is 48.7 Å². The second-order valence-electron chi connectivity index (χ2n) is 6.40. The van der Waals surface area contributed by atoms with Crippen molar-refractivity contribution in [3.05, 3.63) is 64.7 Å². The molecule has 132 valence electrons. The zero-order valence-corrected chi connectivity index (χ0v) is 14.7. The molecular weight excluding hydrogens is 319 g/mol. The van der Waals surface area contributed by atoms with E-state index >= 15 is 0 Å². The molecule has 1 atom stereocenters. The van der Waals surface area contributed by atoms with E-state index in [0.717, 1.165) is 22.5 Å². The summed E-state index contributed by atoms with van der Waals surface area (Å²) in [7, 11) is 0. The first kappa shape index (κ1) is 17.5. The molecule has 0 N–H and O–H groups in total. The van der Waals surface area contributed by atoms with Crippen LogP contribution < -0.4 is 0 Å². The van der Waals surface area contributed by atoms with E-state index in [1.807, 2.05) is 36.9 Å². The van der Waals surface area contributed by atoms with Gasteiger partial charge >= 0.3 is 0 Å². The van der Waals surface area contributed by atoms with Gasteiger partial charge in [-0.2, -0.15) is 0 Å². The van der Waals surface area contributed by atoms with Gasteiger partial charge in [0.15, 0.2) is 0 Å². The van der Waals surface area contributed by atoms with Crippen molar-refractivity contribution in [2.24, 2.45) is 0 Å². The molecule has 2 aromatic rings. The van der Waals surface area contributed by atoms with Crippen LogP contribution in [0.15, 0.2) is 36.4 Å². The lowest BCUT2D eigenvalue weighted by atomic mass is 10.0. The van der Waals surface area contributed by atoms with Gasteiger partial charge in [-0.3, -0.25) is 9.78 Å². The number of hydrogen-bond acceptors (Lipinski definition) is 3. The van der Waals surface area contributed by atoms with Crippen molar-refractivity contribution in [3.63, 3.8) is 0 Å². The van der Waals surface area contributed by atoms with Crippen molar-refractivity contribution in [1.29, 1.82) is 0 Å². The molecule has 0 aliphatic carbocycles. The molecule has 5 heteroatoms. The van der Waals surface area contributed by atoms with E-state index in [9.17, 15) is 9.18 Å². The van der Waals surface area contributed by atoms with E-state index in [4.69, 9.17) is 4.74 Å². The Bertz CT molecular complexity index is 763. The van der Waals surface area contributed by atoms with Crippen LogP contribution in [0.4, 0.5) is 4.39 Å². The molecule has 2 heterocycles. The third kappa shape index (κ3) is 4.42. The summed E-state index contributed by atoms with van der Waals surface area (Å²) in [5.74, 6) is -0.0891. The van der Waals surface area contributed by atoms with E-state index in [2.05, 4.69) is 4.98 Å². The monoisotopic (exact) mass is 342 g/mol. The smallest absolute Gasteiger partial charge is 0.222 e. The van der Waals surface area contributed by atoms with E-state index < -0.39 is 0 Å². The Balaban J connectivity index is 1.80. The number of hydrogen-bond donors (Lipinski definition) is 0. The normalized spacial score (nSPS) is 17.6. The zero-order valence-electron chi connectivity index (χ0n) is 14.7. The minimum absolute atomic E-state index is 0.140. The van der Waals surface area contributed by atoms with Crippen LogP contribution in [0.3, 0.4) is 0 Å². The minimum Gasteiger partial charge on any atom is -0.368 e. The first-order valence-electron chi connectivity index (χ1n) is 8.66. The summed E-state index contributed by atoms with van der Waals surface area (Å²) in [6, 6.07) is 10.6. The first-order chi connectivity index (χ1) is 12.0. The number of benzene rings is 1. The van der Waals surface area contributed by atoms with E-state index in [1.165, 1.54) is 6.07 Å². The number of halogens is 1. The highest BCUT2D eigenvalue weighted by molar-refractivity contribution is 5.75. The number of carbonyl (C=O) groups excluding carboxylic acids is 1. The van der Waals surface area contributed by atoms with Crippen molar-refractivity contribution in [2.75, 3.05) is 19.7 Å². The predicted octanol–water partition coefficient (Wildman–Crippen LogP) is 3.43. The molecule has 1 fully saturated rings. The molecule has 1 aromatic heterocycles. The molecule has 25 heavy (non-hydrogen) atoms. The average molecular weight is 342 g/mol. The van der Waals surface area contributed by atoms with Crippen molar-refractivity contribution in [1.82, 2.24) is 9.88 Å². The van der Waals surface area contributed by atoms with Crippen LogP contribution in [0.25, 0.3) is 0 Å². The highest BCUT2D eigenvalue weighted by Crippen LogP contribution is 2.23. The maximum absolute atomic E-state index is 13.4. The number of ether oxygens (including phenoxy) is 1. The summed E-state index contributed by atoms with van der Waals surface area (Å²) in [5, 5.41) is 0. The third-order valence-electron chi connectivity index (χ3n) is 4.38. The zero-order chi connectivity index (χ0) is 17.8. The summed E-state index contributed by atoms with van der Waals surface area (Å²) in [4.78, 5) is 18.4. The Morgan fingerprint density at radius 3 is 2.92 bits per heavy atom. The molecule has 1 aliphatic heterocycles. The molecular formula is C20H23FN2O2. The van der Waals surface area contributed by atoms with Crippen molar-refractivity contribution < 1.29 is 13.9 Å². The summed E-state index contributed by atoms with van der Waals surface area (Å²) in [6.45, 7) is 5.49. The number of nitrogens with zero attached hydrogens (tertiary/aromatic N) is 2. The van der Waals surface area contributed by atoms with Gasteiger partial charge in [-0.1, -0.05) is 19.1 Å². The van der Waals surface area contributed by atoms with Crippen molar-refractivity contribution in [2.45, 2.75) is 32.8 Å². The molecule has 1 aliphatic rings. The number of carbonyl (C=O) groups is 1. The summed E-state index contributed by atoms with van der Waals surface area (Å²) < 4.78 is 19.3. The molecule has 1 saturated heterocycles. The fourth-order valence-corrected chi connectivity index (χ4v) is 3.20. The van der Waals surface area contributed by atoms with E-state index in [0.29, 0.717) is 32.5 Å². The topological polar surface area (TPSA) is 42.4 Å². The fourth-order valence-electron chi connectivity index (χ4n) is 3.20. The number of rotatable bonds is 4. The van der Waals surface area contributed by atoms with Crippen molar-refractivity contribution >= 4 is 5.91 Å². The molecule has 1 amide bonds. The largest absolute Gasteiger partial charge is 0.368 e. The van der Waals surface area contributed by atoms with Crippen LogP contribution in [-0.4, -0.2) is 35.5 Å². The molecule has 0 radical (unpaired) electrons. The maximum atomic E-state index is 13.4.